The van der Waals surface area contributed by atoms with Crippen LogP contribution < -0.4 is 0 Å². The highest BCUT2D eigenvalue weighted by Gasteiger charge is 2.18. The van der Waals surface area contributed by atoms with Gasteiger partial charge in [0.25, 0.3) is 0 Å². The van der Waals surface area contributed by atoms with Crippen molar-refractivity contribution in [3.05, 3.63) is 139 Å². The van der Waals surface area contributed by atoms with E-state index in [2.05, 4.69) is 47.0 Å². The third kappa shape index (κ3) is 4.10. The molecule has 2 heterocycles. The Hall–Kier alpha value is -6.04. The Kier molecular flexibility index (Phi) is 5.82. The Morgan fingerprint density at radius 1 is 0.512 bits per heavy atom. The average molecular weight is 524 g/mol. The van der Waals surface area contributed by atoms with Gasteiger partial charge in [0.1, 0.15) is 5.82 Å². The quantitative estimate of drug-likeness (QED) is 0.232. The van der Waals surface area contributed by atoms with Gasteiger partial charge in [0.2, 0.25) is 0 Å². The number of nitriles is 2. The molecule has 0 saturated heterocycles. The lowest BCUT2D eigenvalue weighted by molar-refractivity contribution is 1.05. The molecule has 0 aliphatic rings. The van der Waals surface area contributed by atoms with Gasteiger partial charge in [-0.3, -0.25) is 4.57 Å². The summed E-state index contributed by atoms with van der Waals surface area (Å²) in [6, 6.07) is 46.2. The van der Waals surface area contributed by atoms with Crippen LogP contribution in [0.2, 0.25) is 0 Å². The fourth-order valence-electron chi connectivity index (χ4n) is 5.45. The van der Waals surface area contributed by atoms with E-state index >= 15 is 0 Å². The first-order chi connectivity index (χ1) is 20.2. The number of hydrogen-bond donors (Lipinski definition) is 0. The first-order valence-electron chi connectivity index (χ1n) is 13.2. The maximum atomic E-state index is 9.80. The van der Waals surface area contributed by atoms with E-state index in [0.29, 0.717) is 22.5 Å². The number of fused-ring (bicyclic) bond motifs is 3. The van der Waals surface area contributed by atoms with Gasteiger partial charge in [-0.2, -0.15) is 10.5 Å². The summed E-state index contributed by atoms with van der Waals surface area (Å²) in [4.78, 5) is 10.0. The van der Waals surface area contributed by atoms with Gasteiger partial charge in [-0.25, -0.2) is 9.97 Å². The van der Waals surface area contributed by atoms with Gasteiger partial charge in [-0.1, -0.05) is 91.0 Å². The van der Waals surface area contributed by atoms with Crippen molar-refractivity contribution in [2.75, 3.05) is 0 Å². The first-order valence-corrected chi connectivity index (χ1v) is 13.2. The lowest BCUT2D eigenvalue weighted by atomic mass is 9.94. The number of para-hydroxylation sites is 1. The fraction of sp³-hybridized carbons (Fsp3) is 0. The maximum Gasteiger partial charge on any atom is 0.162 e. The predicted octanol–water partition coefficient (Wildman–Crippen LogP) is 8.32. The summed E-state index contributed by atoms with van der Waals surface area (Å²) >= 11 is 0. The Bertz CT molecular complexity index is 2070. The van der Waals surface area contributed by atoms with Crippen molar-refractivity contribution in [2.45, 2.75) is 0 Å². The molecule has 190 valence electrons. The molecule has 0 amide bonds. The molecular formula is C36H21N5. The Morgan fingerprint density at radius 2 is 1.15 bits per heavy atom. The van der Waals surface area contributed by atoms with Crippen LogP contribution in [-0.2, 0) is 0 Å². The summed E-state index contributed by atoms with van der Waals surface area (Å²) in [5.74, 6) is 1.40. The summed E-state index contributed by atoms with van der Waals surface area (Å²) in [6.45, 7) is 0. The van der Waals surface area contributed by atoms with Crippen LogP contribution in [0.25, 0.3) is 61.4 Å². The van der Waals surface area contributed by atoms with Crippen molar-refractivity contribution in [3.8, 4) is 51.7 Å². The Balaban J connectivity index is 1.52. The Labute approximate surface area is 236 Å². The minimum Gasteiger partial charge on any atom is -0.294 e. The van der Waals surface area contributed by atoms with Gasteiger partial charge in [0, 0.05) is 33.5 Å². The zero-order chi connectivity index (χ0) is 27.8. The molecule has 0 atom stereocenters. The van der Waals surface area contributed by atoms with Gasteiger partial charge >= 0.3 is 0 Å². The summed E-state index contributed by atoms with van der Waals surface area (Å²) in [7, 11) is 0. The highest BCUT2D eigenvalue weighted by atomic mass is 15.1. The number of hydrogen-bond acceptors (Lipinski definition) is 4. The molecule has 41 heavy (non-hydrogen) atoms. The number of nitrogens with zero attached hydrogens (tertiary/aromatic N) is 5. The van der Waals surface area contributed by atoms with Gasteiger partial charge in [-0.05, 0) is 35.9 Å². The molecule has 0 N–H and O–H groups in total. The molecule has 0 radical (unpaired) electrons. The van der Waals surface area contributed by atoms with Gasteiger partial charge in [-0.15, -0.1) is 0 Å². The monoisotopic (exact) mass is 523 g/mol. The van der Waals surface area contributed by atoms with Crippen molar-refractivity contribution >= 4 is 21.8 Å². The van der Waals surface area contributed by atoms with Crippen LogP contribution in [-0.4, -0.2) is 14.5 Å². The lowest BCUT2D eigenvalue weighted by Gasteiger charge is -2.12. The normalized spacial score (nSPS) is 10.9. The zero-order valence-corrected chi connectivity index (χ0v) is 21.9. The molecule has 0 aliphatic heterocycles. The molecule has 0 fully saturated rings. The summed E-state index contributed by atoms with van der Waals surface area (Å²) in [5.41, 5.74) is 7.18. The summed E-state index contributed by atoms with van der Waals surface area (Å²) < 4.78 is 2.16. The highest BCUT2D eigenvalue weighted by Crippen LogP contribution is 2.37. The topological polar surface area (TPSA) is 78.3 Å². The van der Waals surface area contributed by atoms with Crippen molar-refractivity contribution in [1.82, 2.24) is 14.5 Å². The van der Waals surface area contributed by atoms with Crippen LogP contribution in [0.3, 0.4) is 0 Å². The second-order valence-electron chi connectivity index (χ2n) is 9.70. The molecule has 7 rings (SSSR count). The molecule has 5 heteroatoms. The van der Waals surface area contributed by atoms with Crippen LogP contribution in [0.1, 0.15) is 11.1 Å². The maximum absolute atomic E-state index is 9.80. The van der Waals surface area contributed by atoms with E-state index in [-0.39, 0.29) is 0 Å². The molecule has 0 saturated carbocycles. The molecule has 5 aromatic carbocycles. The third-order valence-corrected chi connectivity index (χ3v) is 7.31. The van der Waals surface area contributed by atoms with Gasteiger partial charge < -0.3 is 0 Å². The van der Waals surface area contributed by atoms with Crippen molar-refractivity contribution < 1.29 is 0 Å². The van der Waals surface area contributed by atoms with Crippen LogP contribution in [0.15, 0.2) is 127 Å². The number of aromatic nitrogens is 3. The second kappa shape index (κ2) is 9.93. The number of benzene rings is 5. The minimum absolute atomic E-state index is 0.475. The smallest absolute Gasteiger partial charge is 0.162 e. The van der Waals surface area contributed by atoms with E-state index in [1.54, 1.807) is 18.2 Å². The largest absolute Gasteiger partial charge is 0.294 e. The third-order valence-electron chi connectivity index (χ3n) is 7.31. The van der Waals surface area contributed by atoms with Crippen LogP contribution >= 0.6 is 0 Å². The van der Waals surface area contributed by atoms with Crippen LogP contribution in [0.4, 0.5) is 0 Å². The van der Waals surface area contributed by atoms with Crippen LogP contribution in [0, 0.1) is 22.7 Å². The predicted molar refractivity (Wildman–Crippen MR) is 162 cm³/mol. The van der Waals surface area contributed by atoms with E-state index in [0.717, 1.165) is 50.0 Å². The minimum atomic E-state index is 0.475. The summed E-state index contributed by atoms with van der Waals surface area (Å²) in [5, 5.41) is 21.7. The highest BCUT2D eigenvalue weighted by molar-refractivity contribution is 6.10. The Morgan fingerprint density at radius 3 is 1.85 bits per heavy atom. The molecule has 2 aromatic heterocycles. The van der Waals surface area contributed by atoms with E-state index in [1.165, 1.54) is 0 Å². The molecular weight excluding hydrogens is 502 g/mol. The SMILES string of the molecule is N#Cc1cccc(C#N)c1-c1ccc2c(c1)c1ccccc1n2-c1cc(-c2ccccc2)nc(-c2ccccc2)n1. The van der Waals surface area contributed by atoms with Crippen molar-refractivity contribution in [1.29, 1.82) is 10.5 Å². The zero-order valence-electron chi connectivity index (χ0n) is 21.9. The van der Waals surface area contributed by atoms with E-state index < -0.39 is 0 Å². The molecule has 0 unspecified atom stereocenters. The number of rotatable bonds is 4. The van der Waals surface area contributed by atoms with Gasteiger partial charge in [0.15, 0.2) is 5.82 Å². The van der Waals surface area contributed by atoms with E-state index in [9.17, 15) is 10.5 Å². The molecule has 7 aromatic rings. The van der Waals surface area contributed by atoms with E-state index in [4.69, 9.17) is 9.97 Å². The first kappa shape index (κ1) is 24.0. The van der Waals surface area contributed by atoms with Gasteiger partial charge in [0.05, 0.1) is 40.0 Å². The molecule has 5 nitrogen and oxygen atoms in total. The molecule has 0 aliphatic carbocycles. The fourth-order valence-corrected chi connectivity index (χ4v) is 5.45. The standard InChI is InChI=1S/C36H21N5/c37-22-27-14-9-15-28(23-38)35(27)26-18-19-33-30(20-26)29-16-7-8-17-32(29)41(33)34-21-31(24-10-3-1-4-11-24)39-36(40-34)25-12-5-2-6-13-25/h1-21H. The average Bonchev–Trinajstić information content (AvgIpc) is 3.38. The molecule has 0 bridgehead atoms. The van der Waals surface area contributed by atoms with Crippen molar-refractivity contribution in [3.63, 3.8) is 0 Å². The van der Waals surface area contributed by atoms with E-state index in [1.807, 2.05) is 78.9 Å². The lowest BCUT2D eigenvalue weighted by Crippen LogP contribution is -2.02. The summed E-state index contributed by atoms with van der Waals surface area (Å²) in [6.07, 6.45) is 0. The molecule has 0 spiro atoms. The van der Waals surface area contributed by atoms with Crippen LogP contribution in [0.5, 0.6) is 0 Å². The second-order valence-corrected chi connectivity index (χ2v) is 9.70. The van der Waals surface area contributed by atoms with Crippen molar-refractivity contribution in [2.24, 2.45) is 0 Å².